The molecule has 0 spiro atoms. The predicted molar refractivity (Wildman–Crippen MR) is 74.5 cm³/mol. The molecule has 0 saturated heterocycles. The maximum atomic E-state index is 12.7. The van der Waals surface area contributed by atoms with Crippen molar-refractivity contribution in [1.29, 1.82) is 0 Å². The summed E-state index contributed by atoms with van der Waals surface area (Å²) in [5.41, 5.74) is 5.87. The van der Waals surface area contributed by atoms with Crippen molar-refractivity contribution in [3.05, 3.63) is 47.4 Å². The minimum absolute atomic E-state index is 0.0689. The Labute approximate surface area is 121 Å². The van der Waals surface area contributed by atoms with Crippen LogP contribution in [0.5, 0.6) is 0 Å². The molecule has 1 atom stereocenters. The Bertz CT molecular complexity index is 566. The van der Waals surface area contributed by atoms with Gasteiger partial charge < -0.3 is 20.3 Å². The molecule has 4 N–H and O–H groups in total. The first-order valence-electron chi connectivity index (χ1n) is 6.11. The van der Waals surface area contributed by atoms with Gasteiger partial charge in [0.1, 0.15) is 18.1 Å². The minimum Gasteiger partial charge on any atom is -0.456 e. The first kappa shape index (κ1) is 17.4. The lowest BCUT2D eigenvalue weighted by Gasteiger charge is -2.10. The van der Waals surface area contributed by atoms with E-state index in [4.69, 9.17) is 20.3 Å². The third-order valence-corrected chi connectivity index (χ3v) is 3.56. The number of halogens is 1. The molecule has 0 aliphatic carbocycles. The molecule has 1 rings (SSSR count). The third kappa shape index (κ3) is 7.04. The SMILES string of the molecule is CC(C=C(N)C(=O)OCc1ccc(F)cc1)CP(=O)(O)O. The average Bonchev–Trinajstić information content (AvgIpc) is 2.35. The van der Waals surface area contributed by atoms with Crippen molar-refractivity contribution < 1.29 is 28.3 Å². The number of esters is 1. The number of ether oxygens (including phenoxy) is 1. The zero-order valence-corrected chi connectivity index (χ0v) is 12.3. The molecule has 6 nitrogen and oxygen atoms in total. The Hall–Kier alpha value is -1.69. The van der Waals surface area contributed by atoms with Gasteiger partial charge in [-0.1, -0.05) is 25.1 Å². The first-order valence-corrected chi connectivity index (χ1v) is 7.90. The number of carbonyl (C=O) groups excluding carboxylic acids is 1. The molecular formula is C13H17FNO5P. The van der Waals surface area contributed by atoms with E-state index in [1.807, 2.05) is 0 Å². The summed E-state index contributed by atoms with van der Waals surface area (Å²) in [7, 11) is -4.16. The highest BCUT2D eigenvalue weighted by Gasteiger charge is 2.18. The van der Waals surface area contributed by atoms with Crippen LogP contribution >= 0.6 is 7.60 Å². The van der Waals surface area contributed by atoms with Crippen LogP contribution in [0.25, 0.3) is 0 Å². The van der Waals surface area contributed by atoms with Crippen LogP contribution < -0.4 is 5.73 Å². The van der Waals surface area contributed by atoms with E-state index in [0.29, 0.717) is 5.56 Å². The van der Waals surface area contributed by atoms with E-state index in [1.54, 1.807) is 0 Å². The molecule has 0 aromatic heterocycles. The summed E-state index contributed by atoms with van der Waals surface area (Å²) < 4.78 is 28.4. The lowest BCUT2D eigenvalue weighted by Crippen LogP contribution is -2.16. The molecule has 1 aromatic rings. The third-order valence-electron chi connectivity index (χ3n) is 2.51. The summed E-state index contributed by atoms with van der Waals surface area (Å²) in [6.07, 6.45) is 0.838. The molecule has 0 radical (unpaired) electrons. The quantitative estimate of drug-likeness (QED) is 0.417. The zero-order valence-electron chi connectivity index (χ0n) is 11.4. The van der Waals surface area contributed by atoms with E-state index >= 15 is 0 Å². The van der Waals surface area contributed by atoms with Gasteiger partial charge in [-0.15, -0.1) is 0 Å². The summed E-state index contributed by atoms with van der Waals surface area (Å²) in [5, 5.41) is 0. The lowest BCUT2D eigenvalue weighted by atomic mass is 10.2. The maximum Gasteiger partial charge on any atom is 0.354 e. The van der Waals surface area contributed by atoms with Crippen molar-refractivity contribution in [3.63, 3.8) is 0 Å². The topological polar surface area (TPSA) is 110 Å². The molecule has 0 aliphatic heterocycles. The van der Waals surface area contributed by atoms with Crippen LogP contribution in [0.15, 0.2) is 36.0 Å². The van der Waals surface area contributed by atoms with Gasteiger partial charge in [0.15, 0.2) is 0 Å². The maximum absolute atomic E-state index is 12.7. The highest BCUT2D eigenvalue weighted by molar-refractivity contribution is 7.51. The average molecular weight is 317 g/mol. The van der Waals surface area contributed by atoms with Gasteiger partial charge in [-0.05, 0) is 23.6 Å². The van der Waals surface area contributed by atoms with Crippen LogP contribution in [0.4, 0.5) is 4.39 Å². The number of rotatable bonds is 6. The van der Waals surface area contributed by atoms with Crippen LogP contribution in [0.2, 0.25) is 0 Å². The Balaban J connectivity index is 2.54. The highest BCUT2D eigenvalue weighted by atomic mass is 31.2. The Morgan fingerprint density at radius 3 is 2.52 bits per heavy atom. The molecule has 1 unspecified atom stereocenters. The smallest absolute Gasteiger partial charge is 0.354 e. The number of carbonyl (C=O) groups is 1. The van der Waals surface area contributed by atoms with Crippen LogP contribution in [0, 0.1) is 11.7 Å². The van der Waals surface area contributed by atoms with Crippen LogP contribution in [0.3, 0.4) is 0 Å². The molecule has 0 aliphatic rings. The molecule has 0 bridgehead atoms. The van der Waals surface area contributed by atoms with Crippen LogP contribution in [-0.2, 0) is 20.7 Å². The molecule has 0 fully saturated rings. The molecule has 1 aromatic carbocycles. The summed E-state index contributed by atoms with van der Waals surface area (Å²) >= 11 is 0. The fourth-order valence-corrected chi connectivity index (χ4v) is 2.47. The first-order chi connectivity index (χ1) is 9.67. The van der Waals surface area contributed by atoms with Crippen molar-refractivity contribution in [2.24, 2.45) is 11.7 Å². The van der Waals surface area contributed by atoms with Crippen molar-refractivity contribution in [2.75, 3.05) is 6.16 Å². The van der Waals surface area contributed by atoms with Gasteiger partial charge in [0.2, 0.25) is 0 Å². The van der Waals surface area contributed by atoms with Gasteiger partial charge in [0, 0.05) is 0 Å². The zero-order chi connectivity index (χ0) is 16.0. The van der Waals surface area contributed by atoms with Crippen LogP contribution in [0.1, 0.15) is 12.5 Å². The monoisotopic (exact) mass is 317 g/mol. The van der Waals surface area contributed by atoms with Crippen molar-refractivity contribution in [2.45, 2.75) is 13.5 Å². The second-order valence-electron chi connectivity index (χ2n) is 4.65. The minimum atomic E-state index is -4.16. The molecule has 8 heteroatoms. The molecule has 21 heavy (non-hydrogen) atoms. The van der Waals surface area contributed by atoms with Crippen LogP contribution in [-0.4, -0.2) is 21.9 Å². The number of benzene rings is 1. The van der Waals surface area contributed by atoms with E-state index in [2.05, 4.69) is 0 Å². The molecule has 0 saturated carbocycles. The van der Waals surface area contributed by atoms with E-state index < -0.39 is 31.5 Å². The van der Waals surface area contributed by atoms with E-state index in [1.165, 1.54) is 37.3 Å². The fraction of sp³-hybridized carbons (Fsp3) is 0.308. The number of hydrogen-bond acceptors (Lipinski definition) is 4. The van der Waals surface area contributed by atoms with Crippen molar-refractivity contribution >= 4 is 13.6 Å². The lowest BCUT2D eigenvalue weighted by molar-refractivity contribution is -0.140. The van der Waals surface area contributed by atoms with Gasteiger partial charge in [-0.25, -0.2) is 9.18 Å². The number of nitrogens with two attached hydrogens (primary N) is 1. The van der Waals surface area contributed by atoms with Gasteiger partial charge >= 0.3 is 13.6 Å². The largest absolute Gasteiger partial charge is 0.456 e. The second kappa shape index (κ2) is 7.36. The number of allylic oxidation sites excluding steroid dienone is 1. The fourth-order valence-electron chi connectivity index (χ4n) is 1.62. The van der Waals surface area contributed by atoms with Crippen molar-refractivity contribution in [3.8, 4) is 0 Å². The molecule has 0 heterocycles. The van der Waals surface area contributed by atoms with E-state index in [-0.39, 0.29) is 12.3 Å². The van der Waals surface area contributed by atoms with Gasteiger partial charge in [0.05, 0.1) is 6.16 Å². The molecule has 0 amide bonds. The summed E-state index contributed by atoms with van der Waals surface area (Å²) in [5.74, 6) is -1.75. The van der Waals surface area contributed by atoms with E-state index in [9.17, 15) is 13.8 Å². The Kier molecular flexibility index (Phi) is 6.08. The normalized spacial score (nSPS) is 13.8. The standard InChI is InChI=1S/C13H17FNO5P/c1-9(8-21(17,18)19)6-12(15)13(16)20-7-10-2-4-11(14)5-3-10/h2-6,9H,7-8,15H2,1H3,(H2,17,18,19). The van der Waals surface area contributed by atoms with Gasteiger partial charge in [-0.3, -0.25) is 4.57 Å². The second-order valence-corrected chi connectivity index (χ2v) is 6.34. The van der Waals surface area contributed by atoms with Gasteiger partial charge in [-0.2, -0.15) is 0 Å². The molecule has 116 valence electrons. The highest BCUT2D eigenvalue weighted by Crippen LogP contribution is 2.37. The Morgan fingerprint density at radius 1 is 1.43 bits per heavy atom. The van der Waals surface area contributed by atoms with Gasteiger partial charge in [0.25, 0.3) is 0 Å². The Morgan fingerprint density at radius 2 is 2.00 bits per heavy atom. The number of hydrogen-bond donors (Lipinski definition) is 3. The summed E-state index contributed by atoms with van der Waals surface area (Å²) in [6, 6.07) is 5.42. The summed E-state index contributed by atoms with van der Waals surface area (Å²) in [4.78, 5) is 29.2. The predicted octanol–water partition coefficient (Wildman–Crippen LogP) is 1.53. The summed E-state index contributed by atoms with van der Waals surface area (Å²) in [6.45, 7) is 1.46. The van der Waals surface area contributed by atoms with Crippen molar-refractivity contribution in [1.82, 2.24) is 0 Å². The van der Waals surface area contributed by atoms with E-state index in [0.717, 1.165) is 0 Å². The molecular weight excluding hydrogens is 300 g/mol.